The van der Waals surface area contributed by atoms with E-state index in [1.807, 2.05) is 32.0 Å². The molecule has 3 nitrogen and oxygen atoms in total. The van der Waals surface area contributed by atoms with Crippen molar-refractivity contribution < 1.29 is 4.79 Å². The molecule has 1 aromatic carbocycles. The maximum Gasteiger partial charge on any atom is 0.257 e. The van der Waals surface area contributed by atoms with Gasteiger partial charge in [-0.1, -0.05) is 23.7 Å². The SMILES string of the molecule is Cc1ccc(C)c(NC(=O)c2ccncc2Cl)c1. The number of anilines is 1. The zero-order valence-electron chi connectivity index (χ0n) is 10.2. The molecule has 0 unspecified atom stereocenters. The van der Waals surface area contributed by atoms with Crippen molar-refractivity contribution in [2.24, 2.45) is 0 Å². The van der Waals surface area contributed by atoms with Crippen LogP contribution in [0.25, 0.3) is 0 Å². The summed E-state index contributed by atoms with van der Waals surface area (Å²) in [5.41, 5.74) is 3.33. The lowest BCUT2D eigenvalue weighted by Gasteiger charge is -2.10. The summed E-state index contributed by atoms with van der Waals surface area (Å²) in [6.07, 6.45) is 3.00. The number of hydrogen-bond donors (Lipinski definition) is 1. The number of benzene rings is 1. The normalized spacial score (nSPS) is 10.2. The van der Waals surface area contributed by atoms with Gasteiger partial charge in [0.05, 0.1) is 10.6 Å². The number of aryl methyl sites for hydroxylation is 2. The molecule has 0 aliphatic rings. The second-order valence-electron chi connectivity index (χ2n) is 4.13. The largest absolute Gasteiger partial charge is 0.322 e. The number of rotatable bonds is 2. The number of hydrogen-bond acceptors (Lipinski definition) is 2. The van der Waals surface area contributed by atoms with Crippen LogP contribution in [0.2, 0.25) is 5.02 Å². The highest BCUT2D eigenvalue weighted by Crippen LogP contribution is 2.19. The third kappa shape index (κ3) is 2.68. The molecule has 1 aromatic heterocycles. The van der Waals surface area contributed by atoms with Crippen molar-refractivity contribution in [2.45, 2.75) is 13.8 Å². The van der Waals surface area contributed by atoms with Crippen molar-refractivity contribution in [1.29, 1.82) is 0 Å². The molecule has 0 bridgehead atoms. The first-order chi connectivity index (χ1) is 8.58. The van der Waals surface area contributed by atoms with E-state index in [1.54, 1.807) is 12.3 Å². The Balaban J connectivity index is 2.27. The topological polar surface area (TPSA) is 42.0 Å². The summed E-state index contributed by atoms with van der Waals surface area (Å²) >= 11 is 5.93. The average molecular weight is 261 g/mol. The summed E-state index contributed by atoms with van der Waals surface area (Å²) < 4.78 is 0. The summed E-state index contributed by atoms with van der Waals surface area (Å²) in [7, 11) is 0. The molecule has 18 heavy (non-hydrogen) atoms. The fourth-order valence-electron chi connectivity index (χ4n) is 1.62. The maximum atomic E-state index is 12.1. The van der Waals surface area contributed by atoms with E-state index >= 15 is 0 Å². The Morgan fingerprint density at radius 3 is 2.78 bits per heavy atom. The molecule has 0 aliphatic heterocycles. The van der Waals surface area contributed by atoms with E-state index in [9.17, 15) is 4.79 Å². The molecule has 2 aromatic rings. The fraction of sp³-hybridized carbons (Fsp3) is 0.143. The predicted molar refractivity (Wildman–Crippen MR) is 73.1 cm³/mol. The molecule has 4 heteroatoms. The lowest BCUT2D eigenvalue weighted by molar-refractivity contribution is 0.102. The van der Waals surface area contributed by atoms with Gasteiger partial charge in [0.15, 0.2) is 0 Å². The smallest absolute Gasteiger partial charge is 0.257 e. The van der Waals surface area contributed by atoms with Crippen molar-refractivity contribution in [3.63, 3.8) is 0 Å². The van der Waals surface area contributed by atoms with E-state index in [-0.39, 0.29) is 5.91 Å². The lowest BCUT2D eigenvalue weighted by atomic mass is 10.1. The number of amides is 1. The van der Waals surface area contributed by atoms with Crippen LogP contribution in [0.5, 0.6) is 0 Å². The van der Waals surface area contributed by atoms with Crippen molar-refractivity contribution in [3.05, 3.63) is 58.4 Å². The Bertz CT molecular complexity index is 596. The molecule has 0 spiro atoms. The van der Waals surface area contributed by atoms with Crippen molar-refractivity contribution in [1.82, 2.24) is 4.98 Å². The first kappa shape index (κ1) is 12.6. The minimum absolute atomic E-state index is 0.226. The third-order valence-corrected chi connectivity index (χ3v) is 2.96. The maximum absolute atomic E-state index is 12.1. The van der Waals surface area contributed by atoms with E-state index in [1.165, 1.54) is 6.20 Å². The van der Waals surface area contributed by atoms with Crippen LogP contribution in [0.15, 0.2) is 36.7 Å². The molecular formula is C14H13ClN2O. The summed E-state index contributed by atoms with van der Waals surface area (Å²) in [6, 6.07) is 7.51. The van der Waals surface area contributed by atoms with E-state index in [0.717, 1.165) is 16.8 Å². The molecular weight excluding hydrogens is 248 g/mol. The first-order valence-electron chi connectivity index (χ1n) is 5.56. The van der Waals surface area contributed by atoms with Gasteiger partial charge in [-0.15, -0.1) is 0 Å². The number of halogens is 1. The monoisotopic (exact) mass is 260 g/mol. The molecule has 0 atom stereocenters. The molecule has 0 saturated heterocycles. The highest BCUT2D eigenvalue weighted by molar-refractivity contribution is 6.34. The second kappa shape index (κ2) is 5.19. The van der Waals surface area contributed by atoms with Gasteiger partial charge in [0.2, 0.25) is 0 Å². The fourth-order valence-corrected chi connectivity index (χ4v) is 1.82. The van der Waals surface area contributed by atoms with Gasteiger partial charge in [0.1, 0.15) is 0 Å². The second-order valence-corrected chi connectivity index (χ2v) is 4.54. The van der Waals surface area contributed by atoms with Crippen LogP contribution in [-0.2, 0) is 0 Å². The summed E-state index contributed by atoms with van der Waals surface area (Å²) in [5, 5.41) is 3.20. The van der Waals surface area contributed by atoms with E-state index < -0.39 is 0 Å². The molecule has 0 saturated carbocycles. The van der Waals surface area contributed by atoms with E-state index in [0.29, 0.717) is 10.6 Å². The third-order valence-electron chi connectivity index (χ3n) is 2.66. The van der Waals surface area contributed by atoms with Crippen LogP contribution in [0.1, 0.15) is 21.5 Å². The van der Waals surface area contributed by atoms with E-state index in [2.05, 4.69) is 10.3 Å². The number of nitrogens with one attached hydrogen (secondary N) is 1. The van der Waals surface area contributed by atoms with Gasteiger partial charge >= 0.3 is 0 Å². The zero-order valence-corrected chi connectivity index (χ0v) is 11.0. The van der Waals surface area contributed by atoms with Gasteiger partial charge in [-0.05, 0) is 37.1 Å². The quantitative estimate of drug-likeness (QED) is 0.896. The predicted octanol–water partition coefficient (Wildman–Crippen LogP) is 3.60. The number of aromatic nitrogens is 1. The van der Waals surface area contributed by atoms with Crippen LogP contribution >= 0.6 is 11.6 Å². The van der Waals surface area contributed by atoms with Gasteiger partial charge in [-0.3, -0.25) is 9.78 Å². The van der Waals surface area contributed by atoms with Gasteiger partial charge in [0, 0.05) is 18.1 Å². The molecule has 92 valence electrons. The Kier molecular flexibility index (Phi) is 3.63. The van der Waals surface area contributed by atoms with Crippen molar-refractivity contribution >= 4 is 23.2 Å². The summed E-state index contributed by atoms with van der Waals surface area (Å²) in [4.78, 5) is 15.9. The Morgan fingerprint density at radius 1 is 1.28 bits per heavy atom. The molecule has 1 heterocycles. The van der Waals surface area contributed by atoms with Crippen molar-refractivity contribution in [3.8, 4) is 0 Å². The van der Waals surface area contributed by atoms with Crippen LogP contribution in [-0.4, -0.2) is 10.9 Å². The van der Waals surface area contributed by atoms with Crippen LogP contribution in [0.4, 0.5) is 5.69 Å². The highest BCUT2D eigenvalue weighted by atomic mass is 35.5. The number of carbonyl (C=O) groups is 1. The van der Waals surface area contributed by atoms with Gasteiger partial charge in [0.25, 0.3) is 5.91 Å². The molecule has 0 aliphatic carbocycles. The summed E-state index contributed by atoms with van der Waals surface area (Å²) in [6.45, 7) is 3.93. The first-order valence-corrected chi connectivity index (χ1v) is 5.94. The van der Waals surface area contributed by atoms with Gasteiger partial charge < -0.3 is 5.32 Å². The number of pyridine rings is 1. The molecule has 1 amide bonds. The van der Waals surface area contributed by atoms with Gasteiger partial charge in [-0.2, -0.15) is 0 Å². The minimum Gasteiger partial charge on any atom is -0.322 e. The molecule has 0 fully saturated rings. The van der Waals surface area contributed by atoms with Gasteiger partial charge in [-0.25, -0.2) is 0 Å². The van der Waals surface area contributed by atoms with Crippen LogP contribution in [0, 0.1) is 13.8 Å². The minimum atomic E-state index is -0.226. The molecule has 0 radical (unpaired) electrons. The Morgan fingerprint density at radius 2 is 2.06 bits per heavy atom. The Hall–Kier alpha value is -1.87. The standard InChI is InChI=1S/C14H13ClN2O/c1-9-3-4-10(2)13(7-9)17-14(18)11-5-6-16-8-12(11)15/h3-8H,1-2H3,(H,17,18). The highest BCUT2D eigenvalue weighted by Gasteiger charge is 2.11. The number of carbonyl (C=O) groups excluding carboxylic acids is 1. The van der Waals surface area contributed by atoms with Crippen LogP contribution in [0.3, 0.4) is 0 Å². The molecule has 2 rings (SSSR count). The van der Waals surface area contributed by atoms with Crippen LogP contribution < -0.4 is 5.32 Å². The number of nitrogens with zero attached hydrogens (tertiary/aromatic N) is 1. The summed E-state index contributed by atoms with van der Waals surface area (Å²) in [5.74, 6) is -0.226. The average Bonchev–Trinajstić information content (AvgIpc) is 2.34. The molecule has 1 N–H and O–H groups in total. The lowest BCUT2D eigenvalue weighted by Crippen LogP contribution is -2.13. The van der Waals surface area contributed by atoms with E-state index in [4.69, 9.17) is 11.6 Å². The zero-order chi connectivity index (χ0) is 13.1. The Labute approximate surface area is 111 Å². The van der Waals surface area contributed by atoms with Crippen molar-refractivity contribution in [2.75, 3.05) is 5.32 Å².